The molecule has 1 saturated carbocycles. The number of piperidine rings is 1. The van der Waals surface area contributed by atoms with Crippen molar-refractivity contribution in [3.63, 3.8) is 0 Å². The second-order valence-corrected chi connectivity index (χ2v) is 9.69. The van der Waals surface area contributed by atoms with Gasteiger partial charge in [0, 0.05) is 37.5 Å². The zero-order valence-electron chi connectivity index (χ0n) is 17.9. The van der Waals surface area contributed by atoms with E-state index in [2.05, 4.69) is 25.5 Å². The second-order valence-electron chi connectivity index (χ2n) is 8.80. The quantitative estimate of drug-likeness (QED) is 0.642. The smallest absolute Gasteiger partial charge is 0.226 e. The Balaban J connectivity index is 1.35. The van der Waals surface area contributed by atoms with Crippen LogP contribution in [-0.2, 0) is 9.59 Å². The first-order valence-corrected chi connectivity index (χ1v) is 12.2. The minimum absolute atomic E-state index is 0.0614. The molecule has 4 rings (SSSR count). The molecule has 0 bridgehead atoms. The van der Waals surface area contributed by atoms with Crippen molar-refractivity contribution in [3.05, 3.63) is 29.9 Å². The number of hydrogen-bond acceptors (Lipinski definition) is 6. The highest BCUT2D eigenvalue weighted by Crippen LogP contribution is 2.42. The Morgan fingerprint density at radius 2 is 1.65 bits per heavy atom. The van der Waals surface area contributed by atoms with Crippen LogP contribution in [0, 0.1) is 5.41 Å². The number of nitrogens with one attached hydrogen (secondary N) is 2. The number of hydrogen-bond donors (Lipinski definition) is 2. The number of pyridine rings is 1. The lowest BCUT2D eigenvalue weighted by molar-refractivity contribution is -0.122. The average Bonchev–Trinajstić information content (AvgIpc) is 3.28. The Labute approximate surface area is 187 Å². The summed E-state index contributed by atoms with van der Waals surface area (Å²) in [7, 11) is 0. The molecule has 2 fully saturated rings. The van der Waals surface area contributed by atoms with Gasteiger partial charge in [-0.25, -0.2) is 9.97 Å². The van der Waals surface area contributed by atoms with Crippen molar-refractivity contribution < 1.29 is 9.59 Å². The summed E-state index contributed by atoms with van der Waals surface area (Å²) in [5, 5.41) is 8.27. The van der Waals surface area contributed by atoms with Crippen LogP contribution in [0.4, 0.5) is 16.6 Å². The number of rotatable bonds is 7. The lowest BCUT2D eigenvalue weighted by Gasteiger charge is -2.36. The van der Waals surface area contributed by atoms with Crippen LogP contribution in [0.5, 0.6) is 0 Å². The molecule has 0 spiro atoms. The highest BCUT2D eigenvalue weighted by molar-refractivity contribution is 7.13. The van der Waals surface area contributed by atoms with Crippen molar-refractivity contribution in [1.82, 2.24) is 9.97 Å². The fraction of sp³-hybridized carbons (Fsp3) is 0.565. The molecule has 0 unspecified atom stereocenters. The first-order chi connectivity index (χ1) is 15.1. The van der Waals surface area contributed by atoms with Gasteiger partial charge in [0.2, 0.25) is 11.8 Å². The molecule has 2 N–H and O–H groups in total. The van der Waals surface area contributed by atoms with Crippen molar-refractivity contribution in [2.24, 2.45) is 5.41 Å². The number of amides is 2. The van der Waals surface area contributed by atoms with E-state index in [0.29, 0.717) is 23.8 Å². The lowest BCUT2D eigenvalue weighted by Crippen LogP contribution is -2.34. The summed E-state index contributed by atoms with van der Waals surface area (Å²) in [6.07, 6.45) is 13.0. The third-order valence-corrected chi connectivity index (χ3v) is 7.09. The van der Waals surface area contributed by atoms with E-state index in [1.807, 2.05) is 23.7 Å². The molecule has 2 aromatic heterocycles. The van der Waals surface area contributed by atoms with Gasteiger partial charge in [0.25, 0.3) is 0 Å². The molecule has 31 heavy (non-hydrogen) atoms. The summed E-state index contributed by atoms with van der Waals surface area (Å²) in [6, 6.07) is 3.91. The van der Waals surface area contributed by atoms with E-state index in [4.69, 9.17) is 0 Å². The van der Waals surface area contributed by atoms with Crippen molar-refractivity contribution in [2.45, 2.75) is 64.2 Å². The third kappa shape index (κ3) is 6.03. The Bertz CT molecular complexity index is 857. The molecular weight excluding hydrogens is 410 g/mol. The monoisotopic (exact) mass is 441 g/mol. The Hall–Kier alpha value is -2.48. The zero-order valence-corrected chi connectivity index (χ0v) is 18.8. The van der Waals surface area contributed by atoms with Gasteiger partial charge in [0.15, 0.2) is 5.13 Å². The van der Waals surface area contributed by atoms with Crippen molar-refractivity contribution in [2.75, 3.05) is 28.6 Å². The van der Waals surface area contributed by atoms with Gasteiger partial charge in [-0.2, -0.15) is 0 Å². The van der Waals surface area contributed by atoms with Gasteiger partial charge < -0.3 is 15.5 Å². The Morgan fingerprint density at radius 1 is 0.935 bits per heavy atom. The molecule has 2 aromatic rings. The first kappa shape index (κ1) is 21.7. The molecule has 2 amide bonds. The molecule has 0 atom stereocenters. The maximum absolute atomic E-state index is 12.9. The predicted octanol–water partition coefficient (Wildman–Crippen LogP) is 4.84. The summed E-state index contributed by atoms with van der Waals surface area (Å²) < 4.78 is 0. The highest BCUT2D eigenvalue weighted by atomic mass is 32.1. The molecule has 0 aromatic carbocycles. The molecule has 1 aliphatic heterocycles. The van der Waals surface area contributed by atoms with E-state index in [1.54, 1.807) is 6.20 Å². The van der Waals surface area contributed by atoms with Crippen LogP contribution >= 0.6 is 11.3 Å². The average molecular weight is 442 g/mol. The van der Waals surface area contributed by atoms with Crippen LogP contribution in [0.2, 0.25) is 0 Å². The molecule has 1 saturated heterocycles. The number of aromatic nitrogens is 2. The van der Waals surface area contributed by atoms with E-state index < -0.39 is 0 Å². The van der Waals surface area contributed by atoms with E-state index in [-0.39, 0.29) is 17.2 Å². The normalized spacial score (nSPS) is 18.4. The van der Waals surface area contributed by atoms with Gasteiger partial charge in [-0.1, -0.05) is 19.3 Å². The molecule has 8 heteroatoms. The van der Waals surface area contributed by atoms with Crippen LogP contribution in [0.1, 0.15) is 64.2 Å². The first-order valence-electron chi connectivity index (χ1n) is 11.3. The van der Waals surface area contributed by atoms with Gasteiger partial charge in [0.05, 0.1) is 11.9 Å². The minimum Gasteiger partial charge on any atom is -0.370 e. The molecule has 2 aliphatic rings. The Morgan fingerprint density at radius 3 is 2.29 bits per heavy atom. The SMILES string of the molecule is O=C(CC1(CC(=O)Nc2nccs2)CCCCC1)Nc1ccc(N2CCCCC2)cn1. The lowest BCUT2D eigenvalue weighted by atomic mass is 9.69. The molecule has 3 heterocycles. The van der Waals surface area contributed by atoms with E-state index >= 15 is 0 Å². The van der Waals surface area contributed by atoms with Gasteiger partial charge in [-0.05, 0) is 49.7 Å². The standard InChI is InChI=1S/C23H31N5O2S/c29-20(26-19-8-7-18(17-25-19)28-12-5-2-6-13-28)15-23(9-3-1-4-10-23)16-21(30)27-22-24-11-14-31-22/h7-8,11,14,17H,1-6,9-10,12-13,15-16H2,(H,24,27,30)(H,25,26,29). The maximum atomic E-state index is 12.9. The number of thiazole rings is 1. The summed E-state index contributed by atoms with van der Waals surface area (Å²) in [6.45, 7) is 2.14. The summed E-state index contributed by atoms with van der Waals surface area (Å²) >= 11 is 1.41. The summed E-state index contributed by atoms with van der Waals surface area (Å²) in [5.74, 6) is 0.444. The number of carbonyl (C=O) groups excluding carboxylic acids is 2. The molecule has 0 radical (unpaired) electrons. The van der Waals surface area contributed by atoms with Crippen LogP contribution in [0.25, 0.3) is 0 Å². The van der Waals surface area contributed by atoms with E-state index in [0.717, 1.165) is 50.9 Å². The second kappa shape index (κ2) is 10.2. The predicted molar refractivity (Wildman–Crippen MR) is 124 cm³/mol. The minimum atomic E-state index is -0.294. The van der Waals surface area contributed by atoms with Gasteiger partial charge >= 0.3 is 0 Å². The number of anilines is 3. The molecule has 7 nitrogen and oxygen atoms in total. The topological polar surface area (TPSA) is 87.2 Å². The number of nitrogens with zero attached hydrogens (tertiary/aromatic N) is 3. The fourth-order valence-corrected chi connectivity index (χ4v) is 5.38. The van der Waals surface area contributed by atoms with Gasteiger partial charge in [0.1, 0.15) is 5.82 Å². The van der Waals surface area contributed by atoms with Gasteiger partial charge in [-0.3, -0.25) is 9.59 Å². The van der Waals surface area contributed by atoms with E-state index in [1.165, 1.54) is 30.6 Å². The van der Waals surface area contributed by atoms with Crippen LogP contribution in [-0.4, -0.2) is 34.9 Å². The summed E-state index contributed by atoms with van der Waals surface area (Å²) in [5.41, 5.74) is 0.817. The van der Waals surface area contributed by atoms with Crippen molar-refractivity contribution >= 4 is 39.8 Å². The Kier molecular flexibility index (Phi) is 7.17. The van der Waals surface area contributed by atoms with Crippen LogP contribution in [0.15, 0.2) is 29.9 Å². The number of carbonyl (C=O) groups is 2. The zero-order chi connectivity index (χ0) is 21.5. The maximum Gasteiger partial charge on any atom is 0.226 e. The largest absolute Gasteiger partial charge is 0.370 e. The van der Waals surface area contributed by atoms with Crippen molar-refractivity contribution in [3.8, 4) is 0 Å². The molecule has 1 aliphatic carbocycles. The van der Waals surface area contributed by atoms with Gasteiger partial charge in [-0.15, -0.1) is 11.3 Å². The fourth-order valence-electron chi connectivity index (χ4n) is 4.83. The molecular formula is C23H31N5O2S. The van der Waals surface area contributed by atoms with Crippen molar-refractivity contribution in [1.29, 1.82) is 0 Å². The summed E-state index contributed by atoms with van der Waals surface area (Å²) in [4.78, 5) is 36.4. The van der Waals surface area contributed by atoms with E-state index in [9.17, 15) is 9.59 Å². The van der Waals surface area contributed by atoms with Crippen LogP contribution in [0.3, 0.4) is 0 Å². The highest BCUT2D eigenvalue weighted by Gasteiger charge is 2.36. The third-order valence-electron chi connectivity index (χ3n) is 6.40. The van der Waals surface area contributed by atoms with Crippen LogP contribution < -0.4 is 15.5 Å². The molecule has 166 valence electrons.